The highest BCUT2D eigenvalue weighted by atomic mass is 35.5. The Morgan fingerprint density at radius 2 is 1.89 bits per heavy atom. The van der Waals surface area contributed by atoms with E-state index in [4.69, 9.17) is 25.8 Å². The van der Waals surface area contributed by atoms with Gasteiger partial charge in [-0.05, 0) is 98.7 Å². The Hall–Kier alpha value is -2.67. The van der Waals surface area contributed by atoms with Crippen LogP contribution in [-0.4, -0.2) is 83.9 Å². The number of anilines is 1. The second-order valence-electron chi connectivity index (χ2n) is 13.2. The molecule has 1 saturated carbocycles. The summed E-state index contributed by atoms with van der Waals surface area (Å²) < 4.78 is 49.3. The maximum absolute atomic E-state index is 13.3. The zero-order valence-electron chi connectivity index (χ0n) is 27.2. The number of morpholine rings is 1. The van der Waals surface area contributed by atoms with Crippen molar-refractivity contribution in [3.05, 3.63) is 70.3 Å². The number of carbonyl (C=O) groups is 1. The molecule has 0 aromatic heterocycles. The van der Waals surface area contributed by atoms with Crippen molar-refractivity contribution < 1.29 is 27.4 Å². The van der Waals surface area contributed by atoms with Gasteiger partial charge in [-0.15, -0.1) is 0 Å². The number of amides is 1. The van der Waals surface area contributed by atoms with Crippen LogP contribution in [0.3, 0.4) is 0 Å². The first-order chi connectivity index (χ1) is 22.7. The maximum Gasteiger partial charge on any atom is 0.301 e. The summed E-state index contributed by atoms with van der Waals surface area (Å²) in [7, 11) is -4.09. The van der Waals surface area contributed by atoms with Gasteiger partial charge in [0.05, 0.1) is 31.6 Å². The molecular formula is C35H47ClN4O6S. The molecule has 12 heteroatoms. The average Bonchev–Trinajstić information content (AvgIpc) is 3.05. The lowest BCUT2D eigenvalue weighted by Gasteiger charge is -2.44. The van der Waals surface area contributed by atoms with Gasteiger partial charge < -0.3 is 19.1 Å². The van der Waals surface area contributed by atoms with E-state index in [1.165, 1.54) is 5.56 Å². The number of nitrogens with zero attached hydrogens (tertiary/aromatic N) is 2. The third-order valence-electron chi connectivity index (χ3n) is 9.81. The van der Waals surface area contributed by atoms with Gasteiger partial charge in [0.1, 0.15) is 12.4 Å². The number of fused-ring (bicyclic) bond motifs is 3. The fourth-order valence-corrected chi connectivity index (χ4v) is 8.26. The highest BCUT2D eigenvalue weighted by Crippen LogP contribution is 2.41. The smallest absolute Gasteiger partial charge is 0.301 e. The molecule has 0 spiro atoms. The van der Waals surface area contributed by atoms with Gasteiger partial charge in [0, 0.05) is 49.4 Å². The molecule has 2 aromatic carbocycles. The van der Waals surface area contributed by atoms with Crippen molar-refractivity contribution in [2.45, 2.75) is 64.2 Å². The molecule has 1 aliphatic carbocycles. The summed E-state index contributed by atoms with van der Waals surface area (Å²) >= 11 is 6.35. The molecule has 1 unspecified atom stereocenters. The van der Waals surface area contributed by atoms with Gasteiger partial charge in [0.2, 0.25) is 0 Å². The topological polar surface area (TPSA) is 109 Å². The van der Waals surface area contributed by atoms with E-state index >= 15 is 0 Å². The Labute approximate surface area is 283 Å². The Kier molecular flexibility index (Phi) is 11.4. The summed E-state index contributed by atoms with van der Waals surface area (Å²) in [6.07, 6.45) is 9.51. The van der Waals surface area contributed by atoms with E-state index in [0.29, 0.717) is 42.2 Å². The molecule has 256 valence electrons. The average molecular weight is 687 g/mol. The summed E-state index contributed by atoms with van der Waals surface area (Å²) in [6, 6.07) is 10.7. The van der Waals surface area contributed by atoms with Crippen molar-refractivity contribution in [3.63, 3.8) is 0 Å². The van der Waals surface area contributed by atoms with Crippen LogP contribution in [0.15, 0.2) is 48.6 Å². The normalized spacial score (nSPS) is 28.0. The van der Waals surface area contributed by atoms with Crippen molar-refractivity contribution >= 4 is 33.4 Å². The summed E-state index contributed by atoms with van der Waals surface area (Å²) in [4.78, 5) is 18.0. The molecule has 1 amide bonds. The van der Waals surface area contributed by atoms with E-state index in [9.17, 15) is 13.2 Å². The van der Waals surface area contributed by atoms with E-state index in [1.54, 1.807) is 25.1 Å². The molecule has 3 aliphatic heterocycles. The van der Waals surface area contributed by atoms with Crippen LogP contribution >= 0.6 is 11.6 Å². The molecule has 47 heavy (non-hydrogen) atoms. The third kappa shape index (κ3) is 9.07. The zero-order valence-corrected chi connectivity index (χ0v) is 28.7. The summed E-state index contributed by atoms with van der Waals surface area (Å²) in [5, 5.41) is 0.714. The predicted octanol–water partition coefficient (Wildman–Crippen LogP) is 4.72. The van der Waals surface area contributed by atoms with Crippen molar-refractivity contribution in [1.82, 2.24) is 14.3 Å². The number of nitrogens with one attached hydrogen (secondary N) is 2. The predicted molar refractivity (Wildman–Crippen MR) is 183 cm³/mol. The lowest BCUT2D eigenvalue weighted by Crippen LogP contribution is -2.45. The molecule has 1 saturated heterocycles. The van der Waals surface area contributed by atoms with Crippen molar-refractivity contribution in [2.24, 2.45) is 11.8 Å². The van der Waals surface area contributed by atoms with Crippen LogP contribution in [0, 0.1) is 11.8 Å². The number of aryl methyl sites for hydroxylation is 1. The van der Waals surface area contributed by atoms with Gasteiger partial charge in [-0.3, -0.25) is 9.69 Å². The Morgan fingerprint density at radius 1 is 1.04 bits per heavy atom. The van der Waals surface area contributed by atoms with E-state index in [0.717, 1.165) is 89.3 Å². The maximum atomic E-state index is 13.3. The minimum absolute atomic E-state index is 0.0727. The monoisotopic (exact) mass is 686 g/mol. The molecule has 2 bridgehead atoms. The second kappa shape index (κ2) is 15.7. The molecule has 4 aliphatic rings. The van der Waals surface area contributed by atoms with E-state index < -0.39 is 22.2 Å². The second-order valence-corrected chi connectivity index (χ2v) is 15.1. The summed E-state index contributed by atoms with van der Waals surface area (Å²) in [5.74, 6) is 0.702. The first-order valence-electron chi connectivity index (χ1n) is 17.0. The fraction of sp³-hybridized carbons (Fsp3) is 0.571. The van der Waals surface area contributed by atoms with Gasteiger partial charge in [-0.25, -0.2) is 4.72 Å². The van der Waals surface area contributed by atoms with E-state index in [-0.39, 0.29) is 11.7 Å². The molecule has 2 N–H and O–H groups in total. The van der Waals surface area contributed by atoms with Crippen LogP contribution in [-0.2, 0) is 32.7 Å². The molecule has 10 nitrogen and oxygen atoms in total. The standard InChI is InChI=1S/C35H47ClN4O6S/c1-25-5-4-7-33(45-20-17-39-15-18-44-19-16-39)31-12-9-28(31)23-40-14-3-2-6-26-21-30(36)11-8-29(26)24-46-34-13-10-27(22-32(34)40)35(41)38-47(42,43)37-25/h4,7-8,10-11,13,21-22,25,28,31,33,37H,2-3,5-6,9,12,14-20,23-24H2,1H3,(H,38,41)/b7-4+/t25-,28-,31+,33?/m0/s1. The number of halogens is 1. The van der Waals surface area contributed by atoms with Crippen LogP contribution in [0.1, 0.15) is 60.5 Å². The Morgan fingerprint density at radius 3 is 2.70 bits per heavy atom. The van der Waals surface area contributed by atoms with E-state index in [1.807, 2.05) is 24.3 Å². The molecule has 4 atom stereocenters. The Bertz CT molecular complexity index is 1530. The molecule has 3 heterocycles. The lowest BCUT2D eigenvalue weighted by atomic mass is 9.70. The van der Waals surface area contributed by atoms with Gasteiger partial charge in [0.25, 0.3) is 5.91 Å². The lowest BCUT2D eigenvalue weighted by molar-refractivity contribution is -0.0313. The van der Waals surface area contributed by atoms with Crippen LogP contribution in [0.2, 0.25) is 5.02 Å². The van der Waals surface area contributed by atoms with Gasteiger partial charge >= 0.3 is 10.2 Å². The molecular weight excluding hydrogens is 640 g/mol. The number of hydrogen-bond donors (Lipinski definition) is 2. The minimum atomic E-state index is -4.09. The number of carbonyl (C=O) groups excluding carboxylic acids is 1. The van der Waals surface area contributed by atoms with Crippen molar-refractivity contribution in [3.8, 4) is 5.75 Å². The fourth-order valence-electron chi connectivity index (χ4n) is 7.02. The number of benzene rings is 2. The Balaban J connectivity index is 1.29. The molecule has 6 rings (SSSR count). The van der Waals surface area contributed by atoms with Gasteiger partial charge in [-0.2, -0.15) is 13.1 Å². The largest absolute Gasteiger partial charge is 0.487 e. The molecule has 2 aromatic rings. The third-order valence-corrected chi connectivity index (χ3v) is 11.2. The van der Waals surface area contributed by atoms with Crippen LogP contribution < -0.4 is 19.1 Å². The van der Waals surface area contributed by atoms with Crippen LogP contribution in [0.25, 0.3) is 0 Å². The number of hydrogen-bond acceptors (Lipinski definition) is 8. The van der Waals surface area contributed by atoms with Gasteiger partial charge in [-0.1, -0.05) is 29.8 Å². The van der Waals surface area contributed by atoms with Crippen LogP contribution in [0.4, 0.5) is 5.69 Å². The quantitative estimate of drug-likeness (QED) is 0.445. The summed E-state index contributed by atoms with van der Waals surface area (Å²) in [6.45, 7) is 8.55. The minimum Gasteiger partial charge on any atom is -0.487 e. The SMILES string of the molecule is C[C@H]1C/C=C/C(OCCN2CCOCC2)[C@@H]2CC[C@H]2CN2CCCCc3cc(Cl)ccc3COc3ccc(cc32)C(=O)NS(=O)(=O)N1. The number of ether oxygens (including phenoxy) is 3. The van der Waals surface area contributed by atoms with Crippen molar-refractivity contribution in [1.29, 1.82) is 0 Å². The van der Waals surface area contributed by atoms with E-state index in [2.05, 4.69) is 25.3 Å². The molecule has 0 radical (unpaired) electrons. The summed E-state index contributed by atoms with van der Waals surface area (Å²) in [5.41, 5.74) is 3.33. The zero-order chi connectivity index (χ0) is 32.8. The molecule has 2 fully saturated rings. The highest BCUT2D eigenvalue weighted by molar-refractivity contribution is 7.88. The van der Waals surface area contributed by atoms with Crippen LogP contribution in [0.5, 0.6) is 5.75 Å². The highest BCUT2D eigenvalue weighted by Gasteiger charge is 2.38. The first kappa shape index (κ1) is 34.2. The van der Waals surface area contributed by atoms with Crippen molar-refractivity contribution in [2.75, 3.05) is 57.4 Å². The first-order valence-corrected chi connectivity index (χ1v) is 18.8. The number of rotatable bonds is 4. The van der Waals surface area contributed by atoms with Gasteiger partial charge in [0.15, 0.2) is 0 Å².